The molecule has 0 aliphatic carbocycles. The number of hydrogen-bond donors (Lipinski definition) is 0. The number of carbonyl (C=O) groups is 1. The van der Waals surface area contributed by atoms with Gasteiger partial charge in [0, 0.05) is 29.2 Å². The van der Waals surface area contributed by atoms with Crippen LogP contribution in [0.1, 0.15) is 30.6 Å². The molecule has 0 amide bonds. The molecule has 0 radical (unpaired) electrons. The van der Waals surface area contributed by atoms with Gasteiger partial charge in [0.2, 0.25) is 0 Å². The second kappa shape index (κ2) is 7.34. The molecule has 1 unspecified atom stereocenters. The monoisotopic (exact) mass is 338 g/mol. The van der Waals surface area contributed by atoms with Gasteiger partial charge in [-0.05, 0) is 31.6 Å². The molecule has 0 aromatic heterocycles. The minimum absolute atomic E-state index is 0.220. The summed E-state index contributed by atoms with van der Waals surface area (Å²) in [7, 11) is 0. The lowest BCUT2D eigenvalue weighted by Crippen LogP contribution is -2.38. The highest BCUT2D eigenvalue weighted by Gasteiger charge is 2.27. The molecule has 0 N–H and O–H groups in total. The third-order valence-corrected chi connectivity index (χ3v) is 4.64. The first-order valence-corrected chi connectivity index (χ1v) is 8.18. The van der Waals surface area contributed by atoms with Crippen LogP contribution in [0.2, 0.25) is 0 Å². The van der Waals surface area contributed by atoms with Gasteiger partial charge in [-0.1, -0.05) is 41.9 Å². The Labute approximate surface area is 130 Å². The van der Waals surface area contributed by atoms with Crippen molar-refractivity contribution in [3.8, 4) is 0 Å². The molecule has 1 aromatic carbocycles. The van der Waals surface area contributed by atoms with Crippen molar-refractivity contribution in [2.45, 2.75) is 26.3 Å². The summed E-state index contributed by atoms with van der Waals surface area (Å²) in [4.78, 5) is 17.0. The molecule has 20 heavy (non-hydrogen) atoms. The molecule has 110 valence electrons. The molecule has 1 fully saturated rings. The van der Waals surface area contributed by atoms with Crippen molar-refractivity contribution >= 4 is 21.7 Å². The van der Waals surface area contributed by atoms with Gasteiger partial charge in [-0.25, -0.2) is 0 Å². The Balaban J connectivity index is 1.88. The second-order valence-corrected chi connectivity index (χ2v) is 6.24. The van der Waals surface area contributed by atoms with E-state index in [1.54, 1.807) is 0 Å². The molecule has 4 heteroatoms. The summed E-state index contributed by atoms with van der Waals surface area (Å²) in [6.45, 7) is 9.19. The van der Waals surface area contributed by atoms with E-state index in [-0.39, 0.29) is 5.78 Å². The number of likely N-dealkylation sites (tertiary alicyclic amines) is 1. The fraction of sp³-hybridized carbons (Fsp3) is 0.562. The van der Waals surface area contributed by atoms with E-state index in [2.05, 4.69) is 39.6 Å². The van der Waals surface area contributed by atoms with Crippen molar-refractivity contribution in [1.82, 2.24) is 9.80 Å². The van der Waals surface area contributed by atoms with E-state index < -0.39 is 0 Å². The zero-order valence-corrected chi connectivity index (χ0v) is 13.9. The normalized spacial score (nSPS) is 19.7. The maximum absolute atomic E-state index is 12.3. The highest BCUT2D eigenvalue weighted by atomic mass is 79.9. The summed E-state index contributed by atoms with van der Waals surface area (Å²) in [6.07, 6.45) is 1.18. The lowest BCUT2D eigenvalue weighted by atomic mass is 10.1. The van der Waals surface area contributed by atoms with Crippen molar-refractivity contribution in [3.05, 3.63) is 34.3 Å². The fourth-order valence-corrected chi connectivity index (χ4v) is 3.19. The lowest BCUT2D eigenvalue weighted by Gasteiger charge is -2.26. The lowest BCUT2D eigenvalue weighted by molar-refractivity contribution is 0.0939. The van der Waals surface area contributed by atoms with Crippen LogP contribution in [0.4, 0.5) is 0 Å². The minimum Gasteiger partial charge on any atom is -0.300 e. The molecular weight excluding hydrogens is 316 g/mol. The summed E-state index contributed by atoms with van der Waals surface area (Å²) in [5, 5.41) is 0. The minimum atomic E-state index is 0.220. The molecule has 1 saturated heterocycles. The first-order chi connectivity index (χ1) is 9.63. The first kappa shape index (κ1) is 15.7. The molecule has 3 nitrogen and oxygen atoms in total. The summed E-state index contributed by atoms with van der Waals surface area (Å²) >= 11 is 3.40. The predicted molar refractivity (Wildman–Crippen MR) is 86.2 cm³/mol. The summed E-state index contributed by atoms with van der Waals surface area (Å²) < 4.78 is 1.01. The van der Waals surface area contributed by atoms with Gasteiger partial charge in [-0.15, -0.1) is 0 Å². The quantitative estimate of drug-likeness (QED) is 0.745. The van der Waals surface area contributed by atoms with Crippen LogP contribution in [0, 0.1) is 0 Å². The van der Waals surface area contributed by atoms with Crippen LogP contribution in [0.5, 0.6) is 0 Å². The van der Waals surface area contributed by atoms with Gasteiger partial charge in [0.25, 0.3) is 0 Å². The van der Waals surface area contributed by atoms with Gasteiger partial charge >= 0.3 is 0 Å². The van der Waals surface area contributed by atoms with Crippen LogP contribution < -0.4 is 0 Å². The molecule has 1 heterocycles. The maximum atomic E-state index is 12.3. The number of carbonyl (C=O) groups excluding carboxylic acids is 1. The smallest absolute Gasteiger partial charge is 0.176 e. The van der Waals surface area contributed by atoms with Gasteiger partial charge in [-0.3, -0.25) is 14.6 Å². The predicted octanol–water partition coefficient (Wildman–Crippen LogP) is 3.05. The van der Waals surface area contributed by atoms with Gasteiger partial charge in [0.05, 0.1) is 6.54 Å². The SMILES string of the molecule is CCN(CC)C1CCN(CC(=O)c2ccc(Br)cc2)C1. The molecule has 1 aliphatic rings. The number of ketones is 1. The average Bonchev–Trinajstić information content (AvgIpc) is 2.89. The fourth-order valence-electron chi connectivity index (χ4n) is 2.92. The van der Waals surface area contributed by atoms with Gasteiger partial charge < -0.3 is 0 Å². The van der Waals surface area contributed by atoms with Crippen molar-refractivity contribution in [1.29, 1.82) is 0 Å². The molecule has 1 aromatic rings. The van der Waals surface area contributed by atoms with E-state index in [1.165, 1.54) is 6.42 Å². The second-order valence-electron chi connectivity index (χ2n) is 5.33. The largest absolute Gasteiger partial charge is 0.300 e. The van der Waals surface area contributed by atoms with Crippen LogP contribution in [-0.4, -0.2) is 54.3 Å². The molecule has 0 bridgehead atoms. The third-order valence-electron chi connectivity index (χ3n) is 4.11. The first-order valence-electron chi connectivity index (χ1n) is 7.39. The Kier molecular flexibility index (Phi) is 5.75. The molecule has 1 aliphatic heterocycles. The number of hydrogen-bond acceptors (Lipinski definition) is 3. The Morgan fingerprint density at radius 3 is 2.55 bits per heavy atom. The van der Waals surface area contributed by atoms with E-state index in [0.717, 1.165) is 36.2 Å². The molecule has 2 rings (SSSR count). The average molecular weight is 339 g/mol. The summed E-state index contributed by atoms with van der Waals surface area (Å²) in [5.74, 6) is 0.220. The van der Waals surface area contributed by atoms with E-state index in [9.17, 15) is 4.79 Å². The van der Waals surface area contributed by atoms with Crippen molar-refractivity contribution in [2.75, 3.05) is 32.7 Å². The Bertz CT molecular complexity index is 442. The molecule has 0 spiro atoms. The van der Waals surface area contributed by atoms with Crippen LogP contribution in [-0.2, 0) is 0 Å². The maximum Gasteiger partial charge on any atom is 0.176 e. The summed E-state index contributed by atoms with van der Waals surface area (Å²) in [6, 6.07) is 8.25. The number of Topliss-reactive ketones (excluding diaryl/α,β-unsaturated/α-hetero) is 1. The molecule has 1 atom stereocenters. The highest BCUT2D eigenvalue weighted by Crippen LogP contribution is 2.17. The van der Waals surface area contributed by atoms with Crippen LogP contribution in [0.15, 0.2) is 28.7 Å². The number of likely N-dealkylation sites (N-methyl/N-ethyl adjacent to an activating group) is 1. The summed E-state index contributed by atoms with van der Waals surface area (Å²) in [5.41, 5.74) is 0.805. The number of rotatable bonds is 6. The van der Waals surface area contributed by atoms with Crippen molar-refractivity contribution in [3.63, 3.8) is 0 Å². The van der Waals surface area contributed by atoms with E-state index in [1.807, 2.05) is 24.3 Å². The van der Waals surface area contributed by atoms with Gasteiger partial charge in [0.1, 0.15) is 0 Å². The van der Waals surface area contributed by atoms with Crippen LogP contribution in [0.25, 0.3) is 0 Å². The zero-order valence-electron chi connectivity index (χ0n) is 12.3. The van der Waals surface area contributed by atoms with Gasteiger partial charge in [-0.2, -0.15) is 0 Å². The van der Waals surface area contributed by atoms with Gasteiger partial charge in [0.15, 0.2) is 5.78 Å². The van der Waals surface area contributed by atoms with Crippen LogP contribution in [0.3, 0.4) is 0 Å². The Morgan fingerprint density at radius 1 is 1.30 bits per heavy atom. The zero-order chi connectivity index (χ0) is 14.5. The third kappa shape index (κ3) is 3.90. The van der Waals surface area contributed by atoms with Crippen molar-refractivity contribution < 1.29 is 4.79 Å². The topological polar surface area (TPSA) is 23.6 Å². The number of halogens is 1. The van der Waals surface area contributed by atoms with E-state index >= 15 is 0 Å². The van der Waals surface area contributed by atoms with E-state index in [0.29, 0.717) is 12.6 Å². The molecule has 0 saturated carbocycles. The highest BCUT2D eigenvalue weighted by molar-refractivity contribution is 9.10. The van der Waals surface area contributed by atoms with Crippen LogP contribution >= 0.6 is 15.9 Å². The van der Waals surface area contributed by atoms with Crippen molar-refractivity contribution in [2.24, 2.45) is 0 Å². The Hall–Kier alpha value is -0.710. The molecular formula is C16H23BrN2O. The van der Waals surface area contributed by atoms with E-state index in [4.69, 9.17) is 0 Å². The number of benzene rings is 1. The standard InChI is InChI=1S/C16H23BrN2O/c1-3-19(4-2)15-9-10-18(11-15)12-16(20)13-5-7-14(17)8-6-13/h5-8,15H,3-4,9-12H2,1-2H3. The number of nitrogens with zero attached hydrogens (tertiary/aromatic N) is 2. The Morgan fingerprint density at radius 2 is 1.95 bits per heavy atom.